The molecule has 0 aromatic heterocycles. The molecule has 0 spiro atoms. The summed E-state index contributed by atoms with van der Waals surface area (Å²) in [6.45, 7) is 0.0407. The number of benzene rings is 2. The molecule has 0 saturated carbocycles. The van der Waals surface area contributed by atoms with Crippen LogP contribution >= 0.6 is 15.9 Å². The Labute approximate surface area is 183 Å². The summed E-state index contributed by atoms with van der Waals surface area (Å²) in [6, 6.07) is 4.59. The molecule has 0 aliphatic heterocycles. The molecule has 1 amide bonds. The fourth-order valence-corrected chi connectivity index (χ4v) is 4.01. The highest BCUT2D eigenvalue weighted by Crippen LogP contribution is 2.37. The van der Waals surface area contributed by atoms with Crippen LogP contribution in [0.1, 0.15) is 10.4 Å². The van der Waals surface area contributed by atoms with Crippen molar-refractivity contribution in [2.24, 2.45) is 0 Å². The molecule has 0 fully saturated rings. The minimum absolute atomic E-state index is 0.0356. The first-order valence-corrected chi connectivity index (χ1v) is 10.5. The van der Waals surface area contributed by atoms with Gasteiger partial charge in [0.05, 0.1) is 17.9 Å². The maximum Gasteiger partial charge on any atom is 0.573 e. The summed E-state index contributed by atoms with van der Waals surface area (Å²) in [4.78, 5) is 11.6. The van der Waals surface area contributed by atoms with Gasteiger partial charge in [-0.25, -0.2) is 8.42 Å². The van der Waals surface area contributed by atoms with Crippen molar-refractivity contribution in [2.45, 2.75) is 11.3 Å². The second-order valence-electron chi connectivity index (χ2n) is 5.88. The van der Waals surface area contributed by atoms with Gasteiger partial charge >= 0.3 is 6.36 Å². The molecule has 9 nitrogen and oxygen atoms in total. The second-order valence-corrected chi connectivity index (χ2v) is 8.45. The zero-order chi connectivity index (χ0) is 23.4. The minimum Gasteiger partial charge on any atom is -0.507 e. The molecule has 0 radical (unpaired) electrons. The van der Waals surface area contributed by atoms with Gasteiger partial charge in [0.2, 0.25) is 0 Å². The smallest absolute Gasteiger partial charge is 0.507 e. The summed E-state index contributed by atoms with van der Waals surface area (Å²) in [6.07, 6.45) is -5.15. The van der Waals surface area contributed by atoms with E-state index in [1.807, 2.05) is 4.72 Å². The van der Waals surface area contributed by atoms with Crippen LogP contribution in [0.15, 0.2) is 39.7 Å². The van der Waals surface area contributed by atoms with E-state index in [9.17, 15) is 36.6 Å². The Morgan fingerprint density at radius 3 is 2.48 bits per heavy atom. The molecule has 0 heterocycles. The monoisotopic (exact) mass is 528 g/mol. The zero-order valence-corrected chi connectivity index (χ0v) is 18.1. The Morgan fingerprint density at radius 1 is 1.19 bits per heavy atom. The molecule has 0 atom stereocenters. The maximum atomic E-state index is 12.7. The molecule has 0 aliphatic rings. The van der Waals surface area contributed by atoms with E-state index in [0.717, 1.165) is 12.1 Å². The van der Waals surface area contributed by atoms with E-state index in [1.54, 1.807) is 0 Å². The first-order chi connectivity index (χ1) is 14.3. The largest absolute Gasteiger partial charge is 0.573 e. The lowest BCUT2D eigenvalue weighted by atomic mass is 10.1. The molecule has 2 rings (SSSR count). The van der Waals surface area contributed by atoms with Gasteiger partial charge in [-0.05, 0) is 24.3 Å². The highest BCUT2D eigenvalue weighted by atomic mass is 79.9. The van der Waals surface area contributed by atoms with E-state index in [1.165, 1.54) is 13.2 Å². The number of rotatable bonds is 8. The predicted octanol–water partition coefficient (Wildman–Crippen LogP) is 2.94. The molecule has 2 aromatic rings. The third kappa shape index (κ3) is 6.63. The Hall–Kier alpha value is -2.71. The van der Waals surface area contributed by atoms with Crippen LogP contribution in [-0.4, -0.2) is 51.2 Å². The molecular formula is C17H16BrF3N2O7S. The molecule has 0 bridgehead atoms. The fourth-order valence-electron chi connectivity index (χ4n) is 2.32. The van der Waals surface area contributed by atoms with Gasteiger partial charge in [-0.3, -0.25) is 9.52 Å². The van der Waals surface area contributed by atoms with E-state index in [-0.39, 0.29) is 17.6 Å². The molecular weight excluding hydrogens is 513 g/mol. The van der Waals surface area contributed by atoms with Crippen LogP contribution < -0.4 is 14.8 Å². The number of hydrogen-bond donors (Lipinski definition) is 4. The summed E-state index contributed by atoms with van der Waals surface area (Å²) in [5.41, 5.74) is -1.47. The van der Waals surface area contributed by atoms with Crippen LogP contribution in [0.5, 0.6) is 17.2 Å². The number of amides is 1. The minimum atomic E-state index is -5.15. The molecule has 0 unspecified atom stereocenters. The number of nitrogens with one attached hydrogen (secondary N) is 2. The predicted molar refractivity (Wildman–Crippen MR) is 106 cm³/mol. The molecule has 4 N–H and O–H groups in total. The van der Waals surface area contributed by atoms with E-state index < -0.39 is 55.7 Å². The number of carbonyl (C=O) groups excluding carboxylic acids is 1. The number of sulfonamides is 1. The number of alkyl halides is 3. The van der Waals surface area contributed by atoms with Crippen LogP contribution in [0.2, 0.25) is 0 Å². The number of ether oxygens (including phenoxy) is 2. The number of phenolic OH excluding ortho intramolecular Hbond substituents is 2. The number of halogens is 4. The average molecular weight is 529 g/mol. The van der Waals surface area contributed by atoms with Crippen molar-refractivity contribution in [1.82, 2.24) is 5.32 Å². The van der Waals surface area contributed by atoms with E-state index in [0.29, 0.717) is 12.1 Å². The standard InChI is InChI=1S/C17H16BrF3N2O7S/c1-29-5-4-22-16(26)11-7-10(30-17(19,20)21)8-12(15(11)25)23-31(27,28)14-6-9(18)2-3-13(14)24/h2-3,6-8,23-25H,4-5H2,1H3,(H,22,26). The lowest BCUT2D eigenvalue weighted by Crippen LogP contribution is -2.27. The van der Waals surface area contributed by atoms with Gasteiger partial charge in [0.1, 0.15) is 16.4 Å². The number of methoxy groups -OCH3 is 1. The average Bonchev–Trinajstić information content (AvgIpc) is 2.64. The molecule has 0 aliphatic carbocycles. The SMILES string of the molecule is COCCNC(=O)c1cc(OC(F)(F)F)cc(NS(=O)(=O)c2cc(Br)ccc2O)c1O. The van der Waals surface area contributed by atoms with Gasteiger partial charge in [0.25, 0.3) is 15.9 Å². The number of hydrogen-bond acceptors (Lipinski definition) is 7. The van der Waals surface area contributed by atoms with E-state index in [4.69, 9.17) is 4.74 Å². The van der Waals surface area contributed by atoms with Crippen LogP contribution in [0.3, 0.4) is 0 Å². The van der Waals surface area contributed by atoms with Gasteiger partial charge in [-0.2, -0.15) is 0 Å². The normalized spacial score (nSPS) is 11.8. The molecule has 2 aromatic carbocycles. The van der Waals surface area contributed by atoms with Crippen LogP contribution in [0.4, 0.5) is 18.9 Å². The number of phenols is 2. The topological polar surface area (TPSA) is 134 Å². The van der Waals surface area contributed by atoms with Gasteiger partial charge in [-0.15, -0.1) is 13.2 Å². The molecule has 0 saturated heterocycles. The number of aromatic hydroxyl groups is 2. The van der Waals surface area contributed by atoms with Crippen molar-refractivity contribution in [3.8, 4) is 17.2 Å². The Kier molecular flexibility index (Phi) is 7.62. The summed E-state index contributed by atoms with van der Waals surface area (Å²) in [7, 11) is -3.24. The first kappa shape index (κ1) is 24.6. The van der Waals surface area contributed by atoms with E-state index >= 15 is 0 Å². The highest BCUT2D eigenvalue weighted by Gasteiger charge is 2.33. The van der Waals surface area contributed by atoms with Crippen molar-refractivity contribution in [3.05, 3.63) is 40.4 Å². The third-order valence-electron chi connectivity index (χ3n) is 3.61. The molecule has 170 valence electrons. The summed E-state index contributed by atoms with van der Waals surface area (Å²) < 4.78 is 73.9. The summed E-state index contributed by atoms with van der Waals surface area (Å²) in [5, 5.41) is 22.5. The molecule has 31 heavy (non-hydrogen) atoms. The lowest BCUT2D eigenvalue weighted by Gasteiger charge is -2.16. The fraction of sp³-hybridized carbons (Fsp3) is 0.235. The van der Waals surface area contributed by atoms with Crippen molar-refractivity contribution >= 4 is 37.5 Å². The van der Waals surface area contributed by atoms with Crippen LogP contribution in [-0.2, 0) is 14.8 Å². The van der Waals surface area contributed by atoms with Gasteiger partial charge in [-0.1, -0.05) is 15.9 Å². The summed E-state index contributed by atoms with van der Waals surface area (Å²) in [5.74, 6) is -3.58. The Balaban J connectivity index is 2.52. The third-order valence-corrected chi connectivity index (χ3v) is 5.50. The Morgan fingerprint density at radius 2 is 1.87 bits per heavy atom. The maximum absolute atomic E-state index is 12.7. The zero-order valence-electron chi connectivity index (χ0n) is 15.7. The van der Waals surface area contributed by atoms with Crippen molar-refractivity contribution in [1.29, 1.82) is 0 Å². The Bertz CT molecular complexity index is 1080. The van der Waals surface area contributed by atoms with Gasteiger partial charge in [0, 0.05) is 24.2 Å². The second kappa shape index (κ2) is 9.62. The van der Waals surface area contributed by atoms with Crippen molar-refractivity contribution in [2.75, 3.05) is 25.0 Å². The van der Waals surface area contributed by atoms with Gasteiger partial charge in [0.15, 0.2) is 5.75 Å². The first-order valence-electron chi connectivity index (χ1n) is 8.25. The quantitative estimate of drug-likeness (QED) is 0.305. The number of anilines is 1. The van der Waals surface area contributed by atoms with Crippen molar-refractivity contribution in [3.63, 3.8) is 0 Å². The van der Waals surface area contributed by atoms with E-state index in [2.05, 4.69) is 26.0 Å². The van der Waals surface area contributed by atoms with Crippen LogP contribution in [0, 0.1) is 0 Å². The summed E-state index contributed by atoms with van der Waals surface area (Å²) >= 11 is 3.03. The van der Waals surface area contributed by atoms with Gasteiger partial charge < -0.3 is 25.0 Å². The van der Waals surface area contributed by atoms with Crippen LogP contribution in [0.25, 0.3) is 0 Å². The molecule has 14 heteroatoms. The lowest BCUT2D eigenvalue weighted by molar-refractivity contribution is -0.274. The van der Waals surface area contributed by atoms with Crippen molar-refractivity contribution < 1.29 is 46.1 Å². The number of carbonyl (C=O) groups is 1. The highest BCUT2D eigenvalue weighted by molar-refractivity contribution is 9.10.